The highest BCUT2D eigenvalue weighted by atomic mass is 79.9. The summed E-state index contributed by atoms with van der Waals surface area (Å²) >= 11 is 3.17. The van der Waals surface area contributed by atoms with E-state index in [-0.39, 0.29) is 19.1 Å². The Balaban J connectivity index is 2.05. The van der Waals surface area contributed by atoms with E-state index in [1.807, 2.05) is 0 Å². The highest BCUT2D eigenvalue weighted by molar-refractivity contribution is 9.10. The number of aromatic nitrogens is 1. The highest BCUT2D eigenvalue weighted by Crippen LogP contribution is 2.15. The molecule has 2 heterocycles. The summed E-state index contributed by atoms with van der Waals surface area (Å²) < 4.78 is 5.62. The van der Waals surface area contributed by atoms with E-state index in [2.05, 4.69) is 26.2 Å². The second kappa shape index (κ2) is 5.45. The molecule has 1 saturated heterocycles. The molecular formula is C11H11BrN2O4. The van der Waals surface area contributed by atoms with E-state index in [1.54, 1.807) is 12.1 Å². The first-order chi connectivity index (χ1) is 8.58. The van der Waals surface area contributed by atoms with Crippen LogP contribution in [0, 0.1) is 5.92 Å². The van der Waals surface area contributed by atoms with Gasteiger partial charge in [-0.15, -0.1) is 0 Å². The number of amides is 1. The fourth-order valence-corrected chi connectivity index (χ4v) is 2.10. The minimum atomic E-state index is -0.964. The van der Waals surface area contributed by atoms with Gasteiger partial charge in [-0.2, -0.15) is 0 Å². The van der Waals surface area contributed by atoms with Crippen molar-refractivity contribution in [2.24, 2.45) is 5.92 Å². The van der Waals surface area contributed by atoms with Gasteiger partial charge in [-0.3, -0.25) is 9.59 Å². The fraction of sp³-hybridized carbons (Fsp3) is 0.364. The van der Waals surface area contributed by atoms with Gasteiger partial charge >= 0.3 is 5.97 Å². The molecule has 2 atom stereocenters. The van der Waals surface area contributed by atoms with Gasteiger partial charge in [-0.1, -0.05) is 0 Å². The topological polar surface area (TPSA) is 88.5 Å². The third kappa shape index (κ3) is 2.85. The van der Waals surface area contributed by atoms with Crippen molar-refractivity contribution in [3.05, 3.63) is 28.5 Å². The standard InChI is InChI=1S/C11H11BrN2O4/c12-9-3-6(1-2-13-9)10(15)14-8-5-18-4-7(8)11(16)17/h1-3,7-8H,4-5H2,(H,14,15)(H,16,17). The maximum atomic E-state index is 11.9. The van der Waals surface area contributed by atoms with Crippen LogP contribution < -0.4 is 5.32 Å². The zero-order chi connectivity index (χ0) is 13.1. The van der Waals surface area contributed by atoms with Crippen LogP contribution in [0.4, 0.5) is 0 Å². The zero-order valence-electron chi connectivity index (χ0n) is 9.30. The van der Waals surface area contributed by atoms with Gasteiger partial charge in [-0.25, -0.2) is 4.98 Å². The highest BCUT2D eigenvalue weighted by Gasteiger charge is 2.35. The third-order valence-corrected chi connectivity index (χ3v) is 3.14. The first-order valence-corrected chi connectivity index (χ1v) is 6.10. The molecule has 0 spiro atoms. The average Bonchev–Trinajstić information content (AvgIpc) is 2.77. The van der Waals surface area contributed by atoms with Crippen molar-refractivity contribution < 1.29 is 19.4 Å². The molecule has 1 aliphatic heterocycles. The molecule has 7 heteroatoms. The molecule has 0 saturated carbocycles. The minimum absolute atomic E-state index is 0.125. The van der Waals surface area contributed by atoms with Crippen LogP contribution in [0.3, 0.4) is 0 Å². The average molecular weight is 315 g/mol. The monoisotopic (exact) mass is 314 g/mol. The molecule has 0 radical (unpaired) electrons. The molecule has 0 aliphatic carbocycles. The van der Waals surface area contributed by atoms with Gasteiger partial charge in [0.15, 0.2) is 0 Å². The van der Waals surface area contributed by atoms with E-state index >= 15 is 0 Å². The van der Waals surface area contributed by atoms with Crippen LogP contribution in [-0.2, 0) is 9.53 Å². The SMILES string of the molecule is O=C(NC1COCC1C(=O)O)c1ccnc(Br)c1. The summed E-state index contributed by atoms with van der Waals surface area (Å²) in [4.78, 5) is 26.8. The van der Waals surface area contributed by atoms with Crippen molar-refractivity contribution in [2.45, 2.75) is 6.04 Å². The lowest BCUT2D eigenvalue weighted by Crippen LogP contribution is -2.42. The van der Waals surface area contributed by atoms with Crippen molar-refractivity contribution in [2.75, 3.05) is 13.2 Å². The summed E-state index contributed by atoms with van der Waals surface area (Å²) in [6, 6.07) is 2.63. The molecule has 2 N–H and O–H groups in total. The first-order valence-electron chi connectivity index (χ1n) is 5.31. The lowest BCUT2D eigenvalue weighted by Gasteiger charge is -2.15. The zero-order valence-corrected chi connectivity index (χ0v) is 10.9. The summed E-state index contributed by atoms with van der Waals surface area (Å²) in [5, 5.41) is 11.6. The van der Waals surface area contributed by atoms with Crippen LogP contribution in [0.2, 0.25) is 0 Å². The van der Waals surface area contributed by atoms with Crippen LogP contribution >= 0.6 is 15.9 Å². The molecule has 2 unspecified atom stereocenters. The summed E-state index contributed by atoms with van der Waals surface area (Å²) in [6.07, 6.45) is 1.50. The van der Waals surface area contributed by atoms with E-state index in [0.717, 1.165) is 0 Å². The molecule has 18 heavy (non-hydrogen) atoms. The molecule has 6 nitrogen and oxygen atoms in total. The molecule has 2 rings (SSSR count). The largest absolute Gasteiger partial charge is 0.481 e. The molecule has 1 fully saturated rings. The van der Waals surface area contributed by atoms with Crippen LogP contribution in [0.5, 0.6) is 0 Å². The van der Waals surface area contributed by atoms with Gasteiger partial charge < -0.3 is 15.2 Å². The number of hydrogen-bond donors (Lipinski definition) is 2. The fourth-order valence-electron chi connectivity index (χ4n) is 1.74. The predicted octanol–water partition coefficient (Wildman–Crippen LogP) is 0.673. The second-order valence-electron chi connectivity index (χ2n) is 3.93. The van der Waals surface area contributed by atoms with Crippen LogP contribution in [0.1, 0.15) is 10.4 Å². The van der Waals surface area contributed by atoms with Gasteiger partial charge in [0, 0.05) is 11.8 Å². The minimum Gasteiger partial charge on any atom is -0.481 e. The number of aliphatic carboxylic acids is 1. The van der Waals surface area contributed by atoms with Gasteiger partial charge in [0.1, 0.15) is 10.5 Å². The smallest absolute Gasteiger partial charge is 0.311 e. The van der Waals surface area contributed by atoms with Crippen molar-refractivity contribution in [3.63, 3.8) is 0 Å². The van der Waals surface area contributed by atoms with Gasteiger partial charge in [0.05, 0.1) is 19.3 Å². The quantitative estimate of drug-likeness (QED) is 0.801. The molecule has 1 aliphatic rings. The maximum absolute atomic E-state index is 11.9. The van der Waals surface area contributed by atoms with Crippen molar-refractivity contribution in [1.82, 2.24) is 10.3 Å². The number of nitrogens with one attached hydrogen (secondary N) is 1. The van der Waals surface area contributed by atoms with Gasteiger partial charge in [0.2, 0.25) is 0 Å². The number of carbonyl (C=O) groups is 2. The molecule has 0 aromatic carbocycles. The van der Waals surface area contributed by atoms with Gasteiger partial charge in [0.25, 0.3) is 5.91 Å². The summed E-state index contributed by atoms with van der Waals surface area (Å²) in [6.45, 7) is 0.343. The predicted molar refractivity (Wildman–Crippen MR) is 65.1 cm³/mol. The Morgan fingerprint density at radius 3 is 2.94 bits per heavy atom. The van der Waals surface area contributed by atoms with Crippen LogP contribution in [-0.4, -0.2) is 41.2 Å². The van der Waals surface area contributed by atoms with Crippen molar-refractivity contribution in [3.8, 4) is 0 Å². The van der Waals surface area contributed by atoms with Gasteiger partial charge in [-0.05, 0) is 28.1 Å². The number of hydrogen-bond acceptors (Lipinski definition) is 4. The third-order valence-electron chi connectivity index (χ3n) is 2.70. The summed E-state index contributed by atoms with van der Waals surface area (Å²) in [5.41, 5.74) is 0.424. The Hall–Kier alpha value is -1.47. The Labute approximate surface area is 111 Å². The number of rotatable bonds is 3. The molecule has 96 valence electrons. The Bertz CT molecular complexity index is 480. The van der Waals surface area contributed by atoms with Crippen molar-refractivity contribution in [1.29, 1.82) is 0 Å². The normalized spacial score (nSPS) is 22.7. The second-order valence-corrected chi connectivity index (χ2v) is 4.74. The molecular weight excluding hydrogens is 304 g/mol. The number of ether oxygens (including phenoxy) is 1. The number of carboxylic acids is 1. The van der Waals surface area contributed by atoms with E-state index in [0.29, 0.717) is 10.2 Å². The summed E-state index contributed by atoms with van der Waals surface area (Å²) in [5.74, 6) is -1.99. The van der Waals surface area contributed by atoms with E-state index in [1.165, 1.54) is 6.20 Å². The molecule has 1 amide bonds. The Morgan fingerprint density at radius 2 is 2.28 bits per heavy atom. The van der Waals surface area contributed by atoms with Crippen LogP contribution in [0.25, 0.3) is 0 Å². The number of pyridine rings is 1. The molecule has 0 bridgehead atoms. The van der Waals surface area contributed by atoms with E-state index in [9.17, 15) is 9.59 Å². The van der Waals surface area contributed by atoms with Crippen LogP contribution in [0.15, 0.2) is 22.9 Å². The van der Waals surface area contributed by atoms with E-state index < -0.39 is 17.9 Å². The number of nitrogens with zero attached hydrogens (tertiary/aromatic N) is 1. The number of carbonyl (C=O) groups excluding carboxylic acids is 1. The number of carboxylic acid groups (broad SMARTS) is 1. The molecule has 1 aromatic heterocycles. The lowest BCUT2D eigenvalue weighted by molar-refractivity contribution is -0.142. The lowest BCUT2D eigenvalue weighted by atomic mass is 10.0. The van der Waals surface area contributed by atoms with E-state index in [4.69, 9.17) is 9.84 Å². The maximum Gasteiger partial charge on any atom is 0.311 e. The first kappa shape index (κ1) is 13.0. The van der Waals surface area contributed by atoms with Crippen molar-refractivity contribution >= 4 is 27.8 Å². The molecule has 1 aromatic rings. The Morgan fingerprint density at radius 1 is 1.50 bits per heavy atom. The summed E-state index contributed by atoms with van der Waals surface area (Å²) in [7, 11) is 0. The number of halogens is 1. The Kier molecular flexibility index (Phi) is 3.93.